The number of hydrogen-bond acceptors (Lipinski definition) is 3. The zero-order valence-electron chi connectivity index (χ0n) is 5.29. The van der Waals surface area contributed by atoms with Gasteiger partial charge in [0.05, 0.1) is 6.54 Å². The molecular weight excluding hydrogens is 150 g/mol. The van der Waals surface area contributed by atoms with Gasteiger partial charge >= 0.3 is 0 Å². The van der Waals surface area contributed by atoms with Gasteiger partial charge in [-0.2, -0.15) is 0 Å². The molecule has 2 rings (SSSR count). The Morgan fingerprint density at radius 2 is 2.50 bits per heavy atom. The van der Waals surface area contributed by atoms with Gasteiger partial charge in [-0.25, -0.2) is 4.99 Å². The van der Waals surface area contributed by atoms with Gasteiger partial charge < -0.3 is 4.90 Å². The summed E-state index contributed by atoms with van der Waals surface area (Å²) in [5, 5.41) is 0.500. The third kappa shape index (κ3) is 0.743. The van der Waals surface area contributed by atoms with Crippen molar-refractivity contribution < 1.29 is 0 Å². The highest BCUT2D eigenvalue weighted by Crippen LogP contribution is 2.10. The molecule has 0 aromatic rings. The van der Waals surface area contributed by atoms with Gasteiger partial charge in [-0.15, -0.1) is 0 Å². The second kappa shape index (κ2) is 2.09. The molecular formula is C6H6ClN3. The monoisotopic (exact) mass is 155 g/mol. The number of aliphatic imine (C=N–C) groups is 2. The molecule has 0 unspecified atom stereocenters. The number of rotatable bonds is 0. The minimum absolute atomic E-state index is 0.500. The maximum atomic E-state index is 5.74. The molecule has 0 aliphatic carbocycles. The van der Waals surface area contributed by atoms with E-state index in [1.807, 2.05) is 11.1 Å². The summed E-state index contributed by atoms with van der Waals surface area (Å²) in [6.45, 7) is 1.75. The molecule has 0 saturated carbocycles. The summed E-state index contributed by atoms with van der Waals surface area (Å²) in [6, 6.07) is 0. The van der Waals surface area contributed by atoms with Crippen molar-refractivity contribution in [2.45, 2.75) is 0 Å². The predicted octanol–water partition coefficient (Wildman–Crippen LogP) is 0.823. The molecule has 4 heteroatoms. The molecule has 52 valence electrons. The lowest BCUT2D eigenvalue weighted by Gasteiger charge is -2.15. The first-order valence-corrected chi connectivity index (χ1v) is 3.47. The van der Waals surface area contributed by atoms with Crippen LogP contribution in [-0.4, -0.2) is 29.0 Å². The Kier molecular flexibility index (Phi) is 1.24. The first-order valence-electron chi connectivity index (χ1n) is 3.09. The predicted molar refractivity (Wildman–Crippen MR) is 41.4 cm³/mol. The van der Waals surface area contributed by atoms with Crippen LogP contribution in [0, 0.1) is 0 Å². The Hall–Kier alpha value is -0.830. The van der Waals surface area contributed by atoms with E-state index in [0.717, 1.165) is 18.9 Å². The molecule has 0 spiro atoms. The highest BCUT2D eigenvalue weighted by atomic mass is 35.5. The molecule has 0 aromatic carbocycles. The van der Waals surface area contributed by atoms with Crippen molar-refractivity contribution in [3.8, 4) is 0 Å². The van der Waals surface area contributed by atoms with E-state index in [1.165, 1.54) is 0 Å². The van der Waals surface area contributed by atoms with Gasteiger partial charge in [0.1, 0.15) is 0 Å². The van der Waals surface area contributed by atoms with Crippen LogP contribution in [0.2, 0.25) is 0 Å². The molecule has 2 aliphatic heterocycles. The quantitative estimate of drug-likeness (QED) is 0.509. The molecule has 2 aliphatic rings. The number of amidine groups is 1. The number of halogens is 1. The summed E-state index contributed by atoms with van der Waals surface area (Å²) < 4.78 is 0. The van der Waals surface area contributed by atoms with Gasteiger partial charge in [0, 0.05) is 18.9 Å². The van der Waals surface area contributed by atoms with E-state index in [2.05, 4.69) is 9.98 Å². The average molecular weight is 156 g/mol. The van der Waals surface area contributed by atoms with Gasteiger partial charge in [0.15, 0.2) is 11.0 Å². The minimum atomic E-state index is 0.500. The number of fused-ring (bicyclic) bond motifs is 1. The van der Waals surface area contributed by atoms with E-state index in [-0.39, 0.29) is 0 Å². The Morgan fingerprint density at radius 1 is 1.60 bits per heavy atom. The molecule has 0 fully saturated rings. The van der Waals surface area contributed by atoms with E-state index in [4.69, 9.17) is 11.6 Å². The minimum Gasteiger partial charge on any atom is -0.327 e. The summed E-state index contributed by atoms with van der Waals surface area (Å²) in [5.41, 5.74) is 0. The van der Waals surface area contributed by atoms with Crippen LogP contribution < -0.4 is 0 Å². The fourth-order valence-corrected chi connectivity index (χ4v) is 1.25. The maximum absolute atomic E-state index is 5.74. The summed E-state index contributed by atoms with van der Waals surface area (Å²) in [4.78, 5) is 10.1. The largest absolute Gasteiger partial charge is 0.327 e. The Bertz CT molecular complexity index is 241. The first-order chi connectivity index (χ1) is 4.88. The number of nitrogens with zero attached hydrogens (tertiary/aromatic N) is 3. The van der Waals surface area contributed by atoms with E-state index in [9.17, 15) is 0 Å². The van der Waals surface area contributed by atoms with Crippen LogP contribution in [-0.2, 0) is 0 Å². The zero-order chi connectivity index (χ0) is 6.97. The molecule has 0 atom stereocenters. The van der Waals surface area contributed by atoms with Gasteiger partial charge in [0.2, 0.25) is 0 Å². The molecule has 0 bridgehead atoms. The van der Waals surface area contributed by atoms with Crippen LogP contribution in [0.3, 0.4) is 0 Å². The van der Waals surface area contributed by atoms with Crippen LogP contribution in [0.4, 0.5) is 0 Å². The maximum Gasteiger partial charge on any atom is 0.171 e. The molecule has 10 heavy (non-hydrogen) atoms. The van der Waals surface area contributed by atoms with Crippen molar-refractivity contribution in [3.05, 3.63) is 12.4 Å². The molecule has 0 N–H and O–H groups in total. The second-order valence-corrected chi connectivity index (χ2v) is 2.47. The first kappa shape index (κ1) is 5.92. The molecule has 3 nitrogen and oxygen atoms in total. The van der Waals surface area contributed by atoms with Gasteiger partial charge in [0.25, 0.3) is 0 Å². The van der Waals surface area contributed by atoms with Crippen LogP contribution in [0.15, 0.2) is 22.4 Å². The third-order valence-electron chi connectivity index (χ3n) is 1.49. The highest BCUT2D eigenvalue weighted by molar-refractivity contribution is 6.83. The molecule has 0 radical (unpaired) electrons. The molecule has 0 aromatic heterocycles. The summed E-state index contributed by atoms with van der Waals surface area (Å²) in [5.74, 6) is 0.809. The van der Waals surface area contributed by atoms with Gasteiger partial charge in [-0.05, 0) is 0 Å². The van der Waals surface area contributed by atoms with Crippen molar-refractivity contribution in [2.24, 2.45) is 9.98 Å². The van der Waals surface area contributed by atoms with Crippen LogP contribution in [0.5, 0.6) is 0 Å². The van der Waals surface area contributed by atoms with Crippen molar-refractivity contribution in [1.82, 2.24) is 4.90 Å². The van der Waals surface area contributed by atoms with Crippen LogP contribution >= 0.6 is 11.6 Å². The summed E-state index contributed by atoms with van der Waals surface area (Å²) >= 11 is 5.74. The normalized spacial score (nSPS) is 22.3. The van der Waals surface area contributed by atoms with Crippen LogP contribution in [0.25, 0.3) is 0 Å². The number of hydrogen-bond donors (Lipinski definition) is 0. The molecule has 0 saturated heterocycles. The topological polar surface area (TPSA) is 28.0 Å². The molecule has 0 amide bonds. The SMILES string of the molecule is ClC1=NC=CN2CCN=C12. The van der Waals surface area contributed by atoms with Gasteiger partial charge in [-0.1, -0.05) is 11.6 Å². The highest BCUT2D eigenvalue weighted by Gasteiger charge is 2.20. The molecule has 2 heterocycles. The van der Waals surface area contributed by atoms with Crippen LogP contribution in [0.1, 0.15) is 0 Å². The Morgan fingerprint density at radius 3 is 3.30 bits per heavy atom. The van der Waals surface area contributed by atoms with E-state index in [0.29, 0.717) is 5.17 Å². The van der Waals surface area contributed by atoms with E-state index >= 15 is 0 Å². The average Bonchev–Trinajstić information content (AvgIpc) is 2.36. The fourth-order valence-electron chi connectivity index (χ4n) is 1.03. The van der Waals surface area contributed by atoms with E-state index in [1.54, 1.807) is 6.20 Å². The lowest BCUT2D eigenvalue weighted by Crippen LogP contribution is -2.28. The Labute approximate surface area is 63.7 Å². The smallest absolute Gasteiger partial charge is 0.171 e. The van der Waals surface area contributed by atoms with Crippen molar-refractivity contribution in [1.29, 1.82) is 0 Å². The third-order valence-corrected chi connectivity index (χ3v) is 1.76. The second-order valence-electron chi connectivity index (χ2n) is 2.12. The standard InChI is InChI=1S/C6H6ClN3/c7-5-6-9-2-4-10(6)3-1-8-5/h1,3H,2,4H2. The summed E-state index contributed by atoms with van der Waals surface area (Å²) in [6.07, 6.45) is 3.57. The fraction of sp³-hybridized carbons (Fsp3) is 0.333. The zero-order valence-corrected chi connectivity index (χ0v) is 6.04. The lowest BCUT2D eigenvalue weighted by molar-refractivity contribution is 0.613. The van der Waals surface area contributed by atoms with E-state index < -0.39 is 0 Å². The summed E-state index contributed by atoms with van der Waals surface area (Å²) in [7, 11) is 0. The van der Waals surface area contributed by atoms with Gasteiger partial charge in [-0.3, -0.25) is 4.99 Å². The van der Waals surface area contributed by atoms with Crippen molar-refractivity contribution in [2.75, 3.05) is 13.1 Å². The van der Waals surface area contributed by atoms with Crippen molar-refractivity contribution >= 4 is 22.6 Å². The van der Waals surface area contributed by atoms with Crippen molar-refractivity contribution in [3.63, 3.8) is 0 Å². The Balaban J connectivity index is 2.38. The lowest BCUT2D eigenvalue weighted by atomic mass is 10.5.